The topological polar surface area (TPSA) is 38.3 Å². The number of esters is 1. The molecule has 0 saturated carbocycles. The van der Waals surface area contributed by atoms with Gasteiger partial charge < -0.3 is 10.1 Å². The highest BCUT2D eigenvalue weighted by molar-refractivity contribution is 6.30. The van der Waals surface area contributed by atoms with Gasteiger partial charge in [0, 0.05) is 21.8 Å². The van der Waals surface area contributed by atoms with Crippen molar-refractivity contribution in [3.05, 3.63) is 101 Å². The number of anilines is 1. The summed E-state index contributed by atoms with van der Waals surface area (Å²) in [6.45, 7) is 0. The first-order valence-electron chi connectivity index (χ1n) is 7.61. The maximum atomic E-state index is 12.4. The first-order valence-corrected chi connectivity index (χ1v) is 7.99. The van der Waals surface area contributed by atoms with Crippen LogP contribution in [0.3, 0.4) is 0 Å². The van der Waals surface area contributed by atoms with Gasteiger partial charge in [0.1, 0.15) is 0 Å². The molecule has 0 aromatic heterocycles. The second-order valence-corrected chi connectivity index (χ2v) is 6.05. The maximum absolute atomic E-state index is 12.4. The Hall–Kier alpha value is -2.78. The fourth-order valence-electron chi connectivity index (χ4n) is 3.04. The molecule has 0 radical (unpaired) electrons. The molecule has 1 N–H and O–H groups in total. The number of fused-ring (bicyclic) bond motifs is 1. The zero-order chi connectivity index (χ0) is 16.6. The fraction of sp³-hybridized carbons (Fsp3) is 0.0500. The number of carbonyl (C=O) groups excluding carboxylic acids is 1. The van der Waals surface area contributed by atoms with Crippen LogP contribution >= 0.6 is 11.6 Å². The van der Waals surface area contributed by atoms with Crippen molar-refractivity contribution in [3.8, 4) is 0 Å². The summed E-state index contributed by atoms with van der Waals surface area (Å²) in [7, 11) is 0. The van der Waals surface area contributed by atoms with E-state index in [2.05, 4.69) is 5.32 Å². The lowest BCUT2D eigenvalue weighted by Crippen LogP contribution is -2.36. The van der Waals surface area contributed by atoms with E-state index in [-0.39, 0.29) is 5.97 Å². The normalized spacial score (nSPS) is 18.8. The Morgan fingerprint density at radius 2 is 1.62 bits per heavy atom. The molecule has 1 aliphatic heterocycles. The molecule has 1 atom stereocenters. The van der Waals surface area contributed by atoms with E-state index < -0.39 is 5.72 Å². The molecular weight excluding hydrogens is 322 g/mol. The second-order valence-electron chi connectivity index (χ2n) is 5.62. The summed E-state index contributed by atoms with van der Waals surface area (Å²) in [5.74, 6) is -0.344. The highest BCUT2D eigenvalue weighted by Gasteiger charge is 2.47. The molecule has 0 amide bonds. The Bertz CT molecular complexity index is 910. The van der Waals surface area contributed by atoms with Crippen LogP contribution in [0.1, 0.15) is 21.5 Å². The molecule has 1 aliphatic rings. The number of carbonyl (C=O) groups is 1. The number of hydrogen-bond acceptors (Lipinski definition) is 3. The number of nitrogens with one attached hydrogen (secondary N) is 1. The van der Waals surface area contributed by atoms with E-state index in [9.17, 15) is 4.79 Å². The van der Waals surface area contributed by atoms with Crippen molar-refractivity contribution in [2.75, 3.05) is 5.32 Å². The first-order chi connectivity index (χ1) is 11.7. The van der Waals surface area contributed by atoms with Crippen molar-refractivity contribution in [2.24, 2.45) is 0 Å². The average molecular weight is 336 g/mol. The van der Waals surface area contributed by atoms with Crippen LogP contribution in [0.5, 0.6) is 0 Å². The van der Waals surface area contributed by atoms with E-state index >= 15 is 0 Å². The van der Waals surface area contributed by atoms with Crippen molar-refractivity contribution < 1.29 is 9.53 Å². The molecule has 0 spiro atoms. The van der Waals surface area contributed by atoms with Crippen molar-refractivity contribution in [1.29, 1.82) is 0 Å². The number of ether oxygens (including phenoxy) is 1. The van der Waals surface area contributed by atoms with E-state index in [1.54, 1.807) is 18.2 Å². The van der Waals surface area contributed by atoms with Crippen LogP contribution in [0.4, 0.5) is 5.69 Å². The van der Waals surface area contributed by atoms with Gasteiger partial charge in [0.2, 0.25) is 5.72 Å². The fourth-order valence-corrected chi connectivity index (χ4v) is 3.23. The SMILES string of the molecule is O=C1OC(Nc2cccc(Cl)c2)(c2ccccc2)c2ccccc21. The average Bonchev–Trinajstić information content (AvgIpc) is 2.89. The van der Waals surface area contributed by atoms with Gasteiger partial charge in [0.25, 0.3) is 0 Å². The molecule has 4 rings (SSSR count). The minimum Gasteiger partial charge on any atom is -0.427 e. The molecule has 3 aromatic rings. The van der Waals surface area contributed by atoms with Gasteiger partial charge in [0.15, 0.2) is 0 Å². The summed E-state index contributed by atoms with van der Waals surface area (Å²) in [6.07, 6.45) is 0. The highest BCUT2D eigenvalue weighted by atomic mass is 35.5. The van der Waals surface area contributed by atoms with Gasteiger partial charge in [-0.25, -0.2) is 4.79 Å². The molecular formula is C20H14ClNO2. The smallest absolute Gasteiger partial charge is 0.341 e. The lowest BCUT2D eigenvalue weighted by atomic mass is 9.92. The van der Waals surface area contributed by atoms with Crippen LogP contribution in [-0.2, 0) is 10.5 Å². The molecule has 24 heavy (non-hydrogen) atoms. The van der Waals surface area contributed by atoms with Gasteiger partial charge >= 0.3 is 5.97 Å². The summed E-state index contributed by atoms with van der Waals surface area (Å²) >= 11 is 6.10. The van der Waals surface area contributed by atoms with Crippen molar-refractivity contribution in [3.63, 3.8) is 0 Å². The molecule has 1 heterocycles. The molecule has 0 fully saturated rings. The zero-order valence-electron chi connectivity index (χ0n) is 12.7. The van der Waals surface area contributed by atoms with Crippen LogP contribution in [0.25, 0.3) is 0 Å². The Morgan fingerprint density at radius 1 is 0.875 bits per heavy atom. The Balaban J connectivity index is 1.91. The molecule has 4 heteroatoms. The van der Waals surface area contributed by atoms with E-state index in [0.717, 1.165) is 16.8 Å². The van der Waals surface area contributed by atoms with Gasteiger partial charge in [-0.05, 0) is 24.3 Å². The monoisotopic (exact) mass is 335 g/mol. The Morgan fingerprint density at radius 3 is 2.42 bits per heavy atom. The predicted octanol–water partition coefficient (Wildman–Crippen LogP) is 4.82. The Labute approximate surface area is 144 Å². The quantitative estimate of drug-likeness (QED) is 0.697. The highest BCUT2D eigenvalue weighted by Crippen LogP contribution is 2.42. The molecule has 1 unspecified atom stereocenters. The van der Waals surface area contributed by atoms with Crippen molar-refractivity contribution >= 4 is 23.3 Å². The van der Waals surface area contributed by atoms with Crippen molar-refractivity contribution in [2.45, 2.75) is 5.72 Å². The van der Waals surface area contributed by atoms with Crippen LogP contribution in [0.15, 0.2) is 78.9 Å². The summed E-state index contributed by atoms with van der Waals surface area (Å²) in [6, 6.07) is 24.4. The lowest BCUT2D eigenvalue weighted by molar-refractivity contribution is 0.0212. The molecule has 3 aromatic carbocycles. The predicted molar refractivity (Wildman–Crippen MR) is 94.2 cm³/mol. The summed E-state index contributed by atoms with van der Waals surface area (Å²) in [4.78, 5) is 12.4. The molecule has 0 bridgehead atoms. The maximum Gasteiger partial charge on any atom is 0.341 e. The zero-order valence-corrected chi connectivity index (χ0v) is 13.5. The van der Waals surface area contributed by atoms with Gasteiger partial charge in [-0.1, -0.05) is 66.2 Å². The minimum absolute atomic E-state index is 0.344. The Kier molecular flexibility index (Phi) is 3.51. The van der Waals surface area contributed by atoms with Crippen LogP contribution < -0.4 is 5.32 Å². The lowest BCUT2D eigenvalue weighted by Gasteiger charge is -2.31. The minimum atomic E-state index is -1.07. The van der Waals surface area contributed by atoms with Gasteiger partial charge in [-0.2, -0.15) is 0 Å². The van der Waals surface area contributed by atoms with Crippen LogP contribution in [0, 0.1) is 0 Å². The van der Waals surface area contributed by atoms with Gasteiger partial charge in [0.05, 0.1) is 5.56 Å². The standard InChI is InChI=1S/C20H14ClNO2/c21-15-9-6-10-16(13-15)22-20(14-7-2-1-3-8-14)18-12-5-4-11-17(18)19(23)24-20/h1-13,22H. The number of hydrogen-bond donors (Lipinski definition) is 1. The summed E-state index contributed by atoms with van der Waals surface area (Å²) < 4.78 is 5.86. The van der Waals surface area contributed by atoms with E-state index in [1.807, 2.05) is 60.7 Å². The third kappa shape index (κ3) is 2.34. The number of rotatable bonds is 3. The van der Waals surface area contributed by atoms with Crippen LogP contribution in [-0.4, -0.2) is 5.97 Å². The summed E-state index contributed by atoms with van der Waals surface area (Å²) in [5, 5.41) is 3.98. The molecule has 3 nitrogen and oxygen atoms in total. The van der Waals surface area contributed by atoms with E-state index in [4.69, 9.17) is 16.3 Å². The third-order valence-corrected chi connectivity index (χ3v) is 4.33. The number of benzene rings is 3. The largest absolute Gasteiger partial charge is 0.427 e. The molecule has 118 valence electrons. The van der Waals surface area contributed by atoms with Gasteiger partial charge in [-0.3, -0.25) is 0 Å². The van der Waals surface area contributed by atoms with Gasteiger partial charge in [-0.15, -0.1) is 0 Å². The van der Waals surface area contributed by atoms with E-state index in [1.165, 1.54) is 0 Å². The van der Waals surface area contributed by atoms with Crippen molar-refractivity contribution in [1.82, 2.24) is 0 Å². The van der Waals surface area contributed by atoms with E-state index in [0.29, 0.717) is 10.6 Å². The first kappa shape index (κ1) is 14.8. The summed E-state index contributed by atoms with van der Waals surface area (Å²) in [5.41, 5.74) is 1.91. The molecule has 0 aliphatic carbocycles. The van der Waals surface area contributed by atoms with Crippen LogP contribution in [0.2, 0.25) is 5.02 Å². The second kappa shape index (κ2) is 5.69. The third-order valence-electron chi connectivity index (χ3n) is 4.10. The molecule has 0 saturated heterocycles. The number of cyclic esters (lactones) is 1. The number of halogens is 1.